The Morgan fingerprint density at radius 2 is 2.43 bits per heavy atom. The summed E-state index contributed by atoms with van der Waals surface area (Å²) in [6.45, 7) is 9.18. The molecule has 2 heteroatoms. The van der Waals surface area contributed by atoms with Crippen molar-refractivity contribution in [2.45, 2.75) is 13.8 Å². The van der Waals surface area contributed by atoms with Gasteiger partial charge in [-0.15, -0.1) is 0 Å². The van der Waals surface area contributed by atoms with Gasteiger partial charge in [0.15, 0.2) is 0 Å². The van der Waals surface area contributed by atoms with Crippen molar-refractivity contribution in [3.63, 3.8) is 0 Å². The van der Waals surface area contributed by atoms with Gasteiger partial charge in [-0.25, -0.2) is 0 Å². The summed E-state index contributed by atoms with van der Waals surface area (Å²) < 4.78 is 4.94. The lowest BCUT2D eigenvalue weighted by atomic mass is 10.2. The van der Waals surface area contributed by atoms with Crippen LogP contribution in [0.2, 0.25) is 0 Å². The number of furan rings is 1. The SMILES string of the molecule is C=C(/C=C/c1ccoc1)NCC(C)C. The van der Waals surface area contributed by atoms with E-state index in [4.69, 9.17) is 4.42 Å². The Morgan fingerprint density at radius 1 is 1.64 bits per heavy atom. The molecule has 2 nitrogen and oxygen atoms in total. The first-order valence-corrected chi connectivity index (χ1v) is 4.81. The van der Waals surface area contributed by atoms with Crippen LogP contribution in [0.3, 0.4) is 0 Å². The Hall–Kier alpha value is -1.44. The van der Waals surface area contributed by atoms with Crippen LogP contribution in [0.4, 0.5) is 0 Å². The zero-order valence-corrected chi connectivity index (χ0v) is 8.79. The van der Waals surface area contributed by atoms with Crippen LogP contribution in [0, 0.1) is 5.92 Å². The first kappa shape index (κ1) is 10.6. The third kappa shape index (κ3) is 3.99. The van der Waals surface area contributed by atoms with Crippen LogP contribution < -0.4 is 5.32 Å². The highest BCUT2D eigenvalue weighted by Gasteiger charge is 1.92. The zero-order valence-electron chi connectivity index (χ0n) is 8.79. The maximum atomic E-state index is 4.94. The van der Waals surface area contributed by atoms with Gasteiger partial charge in [0, 0.05) is 17.8 Å². The molecule has 0 saturated carbocycles. The van der Waals surface area contributed by atoms with Crippen LogP contribution in [0.15, 0.2) is 41.4 Å². The molecule has 0 atom stereocenters. The van der Waals surface area contributed by atoms with Crippen molar-refractivity contribution in [3.8, 4) is 0 Å². The van der Waals surface area contributed by atoms with Crippen molar-refractivity contribution in [2.24, 2.45) is 5.92 Å². The lowest BCUT2D eigenvalue weighted by Crippen LogP contribution is -2.16. The Labute approximate surface area is 85.3 Å². The molecule has 0 aliphatic heterocycles. The normalized spacial score (nSPS) is 11.1. The lowest BCUT2D eigenvalue weighted by molar-refractivity contribution is 0.567. The number of nitrogens with one attached hydrogen (secondary N) is 1. The number of hydrogen-bond donors (Lipinski definition) is 1. The minimum Gasteiger partial charge on any atom is -0.472 e. The first-order valence-electron chi connectivity index (χ1n) is 4.81. The molecule has 0 amide bonds. The van der Waals surface area contributed by atoms with Crippen LogP contribution in [0.1, 0.15) is 19.4 Å². The van der Waals surface area contributed by atoms with E-state index in [0.29, 0.717) is 5.92 Å². The number of rotatable bonds is 5. The molecule has 0 aromatic carbocycles. The molecule has 0 fully saturated rings. The maximum absolute atomic E-state index is 4.94. The van der Waals surface area contributed by atoms with Crippen molar-refractivity contribution < 1.29 is 4.42 Å². The van der Waals surface area contributed by atoms with Crippen LogP contribution in [0.5, 0.6) is 0 Å². The van der Waals surface area contributed by atoms with E-state index in [1.54, 1.807) is 12.5 Å². The highest BCUT2D eigenvalue weighted by molar-refractivity contribution is 5.50. The summed E-state index contributed by atoms with van der Waals surface area (Å²) >= 11 is 0. The molecule has 1 rings (SSSR count). The number of allylic oxidation sites excluding steroid dienone is 1. The van der Waals surface area contributed by atoms with Crippen LogP contribution in [-0.2, 0) is 0 Å². The van der Waals surface area contributed by atoms with Gasteiger partial charge in [0.05, 0.1) is 12.5 Å². The molecule has 0 radical (unpaired) electrons. The quantitative estimate of drug-likeness (QED) is 0.724. The third-order valence-electron chi connectivity index (χ3n) is 1.76. The highest BCUT2D eigenvalue weighted by Crippen LogP contribution is 2.03. The van der Waals surface area contributed by atoms with Crippen molar-refractivity contribution >= 4 is 6.08 Å². The second kappa shape index (κ2) is 5.32. The second-order valence-corrected chi connectivity index (χ2v) is 3.69. The van der Waals surface area contributed by atoms with Gasteiger partial charge < -0.3 is 9.73 Å². The topological polar surface area (TPSA) is 25.2 Å². The van der Waals surface area contributed by atoms with E-state index >= 15 is 0 Å². The molecule has 0 bridgehead atoms. The van der Waals surface area contributed by atoms with Crippen LogP contribution in [-0.4, -0.2) is 6.54 Å². The Bertz CT molecular complexity index is 296. The smallest absolute Gasteiger partial charge is 0.0974 e. The molecule has 76 valence electrons. The maximum Gasteiger partial charge on any atom is 0.0974 e. The summed E-state index contributed by atoms with van der Waals surface area (Å²) in [5.74, 6) is 0.633. The molecule has 0 aliphatic carbocycles. The molecule has 14 heavy (non-hydrogen) atoms. The predicted octanol–water partition coefficient (Wildman–Crippen LogP) is 3.05. The zero-order chi connectivity index (χ0) is 10.4. The van der Waals surface area contributed by atoms with Gasteiger partial charge in [0.1, 0.15) is 0 Å². The Kier molecular flexibility index (Phi) is 4.05. The summed E-state index contributed by atoms with van der Waals surface area (Å²) in [6, 6.07) is 1.91. The molecule has 1 aromatic rings. The molecule has 0 spiro atoms. The fraction of sp³-hybridized carbons (Fsp3) is 0.333. The summed E-state index contributed by atoms with van der Waals surface area (Å²) in [5.41, 5.74) is 1.98. The lowest BCUT2D eigenvalue weighted by Gasteiger charge is -2.07. The van der Waals surface area contributed by atoms with E-state index in [-0.39, 0.29) is 0 Å². The largest absolute Gasteiger partial charge is 0.472 e. The fourth-order valence-electron chi connectivity index (χ4n) is 0.961. The highest BCUT2D eigenvalue weighted by atomic mass is 16.3. The first-order chi connectivity index (χ1) is 6.68. The van der Waals surface area contributed by atoms with E-state index in [9.17, 15) is 0 Å². The van der Waals surface area contributed by atoms with E-state index in [1.807, 2.05) is 18.2 Å². The van der Waals surface area contributed by atoms with Gasteiger partial charge in [0.25, 0.3) is 0 Å². The average Bonchev–Trinajstić information content (AvgIpc) is 2.63. The summed E-state index contributed by atoms with van der Waals surface area (Å²) in [4.78, 5) is 0. The van der Waals surface area contributed by atoms with Gasteiger partial charge in [-0.3, -0.25) is 0 Å². The molecular weight excluding hydrogens is 174 g/mol. The molecular formula is C12H17NO. The van der Waals surface area contributed by atoms with Crippen LogP contribution in [0.25, 0.3) is 6.08 Å². The van der Waals surface area contributed by atoms with E-state index in [2.05, 4.69) is 25.7 Å². The van der Waals surface area contributed by atoms with Gasteiger partial charge in [0.2, 0.25) is 0 Å². The van der Waals surface area contributed by atoms with E-state index in [1.165, 1.54) is 0 Å². The van der Waals surface area contributed by atoms with Crippen LogP contribution >= 0.6 is 0 Å². The van der Waals surface area contributed by atoms with Gasteiger partial charge in [-0.1, -0.05) is 20.4 Å². The van der Waals surface area contributed by atoms with Crippen molar-refractivity contribution in [2.75, 3.05) is 6.54 Å². The van der Waals surface area contributed by atoms with E-state index < -0.39 is 0 Å². The molecule has 0 aliphatic rings. The van der Waals surface area contributed by atoms with Gasteiger partial charge >= 0.3 is 0 Å². The third-order valence-corrected chi connectivity index (χ3v) is 1.76. The Morgan fingerprint density at radius 3 is 3.00 bits per heavy atom. The van der Waals surface area contributed by atoms with Crippen molar-refractivity contribution in [1.82, 2.24) is 5.32 Å². The standard InChI is InChI=1S/C12H17NO/c1-10(2)8-13-11(3)4-5-12-6-7-14-9-12/h4-7,9-10,13H,3,8H2,1-2H3/b5-4+. The molecule has 1 heterocycles. The minimum absolute atomic E-state index is 0.633. The van der Waals surface area contributed by atoms with Crippen molar-refractivity contribution in [3.05, 3.63) is 42.5 Å². The second-order valence-electron chi connectivity index (χ2n) is 3.69. The Balaban J connectivity index is 2.34. The number of hydrogen-bond acceptors (Lipinski definition) is 2. The molecule has 1 aromatic heterocycles. The fourth-order valence-corrected chi connectivity index (χ4v) is 0.961. The minimum atomic E-state index is 0.633. The van der Waals surface area contributed by atoms with Gasteiger partial charge in [-0.05, 0) is 24.1 Å². The predicted molar refractivity (Wildman–Crippen MR) is 59.7 cm³/mol. The summed E-state index contributed by atoms with van der Waals surface area (Å²) in [7, 11) is 0. The summed E-state index contributed by atoms with van der Waals surface area (Å²) in [5, 5.41) is 3.23. The average molecular weight is 191 g/mol. The molecule has 0 saturated heterocycles. The molecule has 1 N–H and O–H groups in total. The van der Waals surface area contributed by atoms with E-state index in [0.717, 1.165) is 17.8 Å². The van der Waals surface area contributed by atoms with Crippen molar-refractivity contribution in [1.29, 1.82) is 0 Å². The molecule has 0 unspecified atom stereocenters. The van der Waals surface area contributed by atoms with Gasteiger partial charge in [-0.2, -0.15) is 0 Å². The summed E-state index contributed by atoms with van der Waals surface area (Å²) in [6.07, 6.45) is 7.28. The monoisotopic (exact) mass is 191 g/mol.